The quantitative estimate of drug-likeness (QED) is 0.695. The lowest BCUT2D eigenvalue weighted by Crippen LogP contribution is -1.94. The minimum absolute atomic E-state index is 0.536. The number of anilines is 1. The highest BCUT2D eigenvalue weighted by Gasteiger charge is 2.06. The second-order valence-electron chi connectivity index (χ2n) is 3.44. The number of nitrogens with zero attached hydrogens (tertiary/aromatic N) is 2. The molecule has 0 aromatic carbocycles. The van der Waals surface area contributed by atoms with E-state index in [1.165, 1.54) is 0 Å². The fourth-order valence-corrected chi connectivity index (χ4v) is 2.34. The Morgan fingerprint density at radius 2 is 2.12 bits per heavy atom. The largest absolute Gasteiger partial charge is 0.383 e. The maximum Gasteiger partial charge on any atom is 0.133 e. The molecule has 3 heterocycles. The molecule has 0 spiro atoms. The fourth-order valence-electron chi connectivity index (χ4n) is 1.65. The Bertz CT molecular complexity index is 632. The van der Waals surface area contributed by atoms with E-state index >= 15 is 0 Å². The molecule has 0 saturated heterocycles. The zero-order valence-corrected chi connectivity index (χ0v) is 9.24. The van der Waals surface area contributed by atoms with Crippen LogP contribution in [0.2, 0.25) is 0 Å². The Morgan fingerprint density at radius 3 is 2.94 bits per heavy atom. The molecule has 3 aromatic heterocycles. The molecule has 3 aromatic rings. The van der Waals surface area contributed by atoms with Gasteiger partial charge in [-0.15, -0.1) is 11.3 Å². The molecule has 0 aliphatic rings. The Hall–Kier alpha value is -1.94. The smallest absolute Gasteiger partial charge is 0.133 e. The first-order chi connectivity index (χ1) is 7.84. The third kappa shape index (κ3) is 1.44. The Kier molecular flexibility index (Phi) is 2.08. The van der Waals surface area contributed by atoms with Gasteiger partial charge >= 0.3 is 0 Å². The monoisotopic (exact) mass is 227 g/mol. The molecule has 0 saturated carbocycles. The molecule has 16 heavy (non-hydrogen) atoms. The van der Waals surface area contributed by atoms with Crippen LogP contribution in [-0.4, -0.2) is 9.97 Å². The third-order valence-corrected chi connectivity index (χ3v) is 3.29. The van der Waals surface area contributed by atoms with Crippen LogP contribution in [0.4, 0.5) is 5.82 Å². The van der Waals surface area contributed by atoms with Crippen LogP contribution >= 0.6 is 11.3 Å². The third-order valence-electron chi connectivity index (χ3n) is 2.40. The first kappa shape index (κ1) is 9.30. The van der Waals surface area contributed by atoms with Crippen molar-refractivity contribution in [2.45, 2.75) is 0 Å². The van der Waals surface area contributed by atoms with Gasteiger partial charge in [-0.05, 0) is 29.6 Å². The van der Waals surface area contributed by atoms with Crippen molar-refractivity contribution in [1.29, 1.82) is 0 Å². The first-order valence-electron chi connectivity index (χ1n) is 4.90. The highest BCUT2D eigenvalue weighted by atomic mass is 32.1. The molecule has 0 atom stereocenters. The molecule has 0 fully saturated rings. The number of aromatic nitrogens is 2. The van der Waals surface area contributed by atoms with E-state index < -0.39 is 0 Å². The zero-order valence-electron chi connectivity index (χ0n) is 8.42. The second-order valence-corrected chi connectivity index (χ2v) is 4.39. The second kappa shape index (κ2) is 3.57. The summed E-state index contributed by atoms with van der Waals surface area (Å²) in [4.78, 5) is 9.80. The number of thiophene rings is 1. The predicted octanol–water partition coefficient (Wildman–Crippen LogP) is 2.94. The number of fused-ring (bicyclic) bond motifs is 1. The van der Waals surface area contributed by atoms with Gasteiger partial charge in [-0.3, -0.25) is 4.98 Å². The van der Waals surface area contributed by atoms with Crippen LogP contribution in [0.1, 0.15) is 0 Å². The molecule has 0 amide bonds. The summed E-state index contributed by atoms with van der Waals surface area (Å²) in [6, 6.07) is 9.80. The van der Waals surface area contributed by atoms with E-state index in [1.54, 1.807) is 17.5 Å². The summed E-state index contributed by atoms with van der Waals surface area (Å²) in [5.74, 6) is 0.536. The van der Waals surface area contributed by atoms with Crippen molar-refractivity contribution in [2.75, 3.05) is 5.73 Å². The van der Waals surface area contributed by atoms with Gasteiger partial charge in [-0.1, -0.05) is 6.07 Å². The number of pyridine rings is 2. The molecular formula is C12H9N3S. The predicted molar refractivity (Wildman–Crippen MR) is 67.3 cm³/mol. The summed E-state index contributed by atoms with van der Waals surface area (Å²) in [6.07, 6.45) is 1.76. The van der Waals surface area contributed by atoms with E-state index in [1.807, 2.05) is 35.7 Å². The van der Waals surface area contributed by atoms with Crippen LogP contribution in [0.25, 0.3) is 21.5 Å². The van der Waals surface area contributed by atoms with E-state index in [9.17, 15) is 0 Å². The minimum Gasteiger partial charge on any atom is -0.383 e. The molecule has 0 bridgehead atoms. The average molecular weight is 227 g/mol. The number of hydrogen-bond donors (Lipinski definition) is 1. The minimum atomic E-state index is 0.536. The van der Waals surface area contributed by atoms with Gasteiger partial charge in [0.1, 0.15) is 5.82 Å². The number of nitrogen functional groups attached to an aromatic ring is 1. The maximum absolute atomic E-state index is 5.92. The lowest BCUT2D eigenvalue weighted by Gasteiger charge is -2.03. The molecule has 0 unspecified atom stereocenters. The first-order valence-corrected chi connectivity index (χ1v) is 5.78. The van der Waals surface area contributed by atoms with Crippen LogP contribution < -0.4 is 5.73 Å². The topological polar surface area (TPSA) is 51.8 Å². The van der Waals surface area contributed by atoms with Crippen LogP contribution in [0.15, 0.2) is 41.9 Å². The van der Waals surface area contributed by atoms with Crippen LogP contribution in [-0.2, 0) is 0 Å². The SMILES string of the molecule is Nc1nc(-c2cccs2)cc2ncccc12. The van der Waals surface area contributed by atoms with Crippen LogP contribution in [0, 0.1) is 0 Å². The van der Waals surface area contributed by atoms with E-state index in [2.05, 4.69) is 9.97 Å². The molecule has 4 heteroatoms. The van der Waals surface area contributed by atoms with Crippen LogP contribution in [0.3, 0.4) is 0 Å². The lowest BCUT2D eigenvalue weighted by atomic mass is 10.2. The van der Waals surface area contributed by atoms with E-state index in [4.69, 9.17) is 5.73 Å². The van der Waals surface area contributed by atoms with Gasteiger partial charge in [0.15, 0.2) is 0 Å². The average Bonchev–Trinajstić information content (AvgIpc) is 2.82. The van der Waals surface area contributed by atoms with Crippen molar-refractivity contribution in [2.24, 2.45) is 0 Å². The molecule has 0 aliphatic heterocycles. The molecule has 3 nitrogen and oxygen atoms in total. The van der Waals surface area contributed by atoms with Gasteiger partial charge in [-0.2, -0.15) is 0 Å². The van der Waals surface area contributed by atoms with Crippen LogP contribution in [0.5, 0.6) is 0 Å². The fraction of sp³-hybridized carbons (Fsp3) is 0. The molecule has 78 valence electrons. The van der Waals surface area contributed by atoms with Crippen molar-refractivity contribution < 1.29 is 0 Å². The van der Waals surface area contributed by atoms with Gasteiger partial charge in [0.25, 0.3) is 0 Å². The summed E-state index contributed by atoms with van der Waals surface area (Å²) in [7, 11) is 0. The van der Waals surface area contributed by atoms with E-state index in [0.717, 1.165) is 21.5 Å². The summed E-state index contributed by atoms with van der Waals surface area (Å²) < 4.78 is 0. The highest BCUT2D eigenvalue weighted by Crippen LogP contribution is 2.27. The van der Waals surface area contributed by atoms with Crippen molar-refractivity contribution in [3.63, 3.8) is 0 Å². The standard InChI is InChI=1S/C12H9N3S/c13-12-8-3-1-5-14-9(8)7-10(15-12)11-4-2-6-16-11/h1-7H,(H2,13,15). The van der Waals surface area contributed by atoms with Gasteiger partial charge < -0.3 is 5.73 Å². The Morgan fingerprint density at radius 1 is 1.19 bits per heavy atom. The summed E-state index contributed by atoms with van der Waals surface area (Å²) in [5.41, 5.74) is 7.69. The van der Waals surface area contributed by atoms with Crippen molar-refractivity contribution in [3.8, 4) is 10.6 Å². The summed E-state index contributed by atoms with van der Waals surface area (Å²) in [6.45, 7) is 0. The van der Waals surface area contributed by atoms with Crippen molar-refractivity contribution >= 4 is 28.1 Å². The molecule has 0 aliphatic carbocycles. The highest BCUT2D eigenvalue weighted by molar-refractivity contribution is 7.13. The van der Waals surface area contributed by atoms with Gasteiger partial charge in [0.05, 0.1) is 16.1 Å². The normalized spacial score (nSPS) is 10.8. The Labute approximate surface area is 96.6 Å². The molecule has 0 radical (unpaired) electrons. The zero-order chi connectivity index (χ0) is 11.0. The van der Waals surface area contributed by atoms with E-state index in [0.29, 0.717) is 5.82 Å². The summed E-state index contributed by atoms with van der Waals surface area (Å²) >= 11 is 1.65. The summed E-state index contributed by atoms with van der Waals surface area (Å²) in [5, 5.41) is 2.93. The molecular weight excluding hydrogens is 218 g/mol. The molecule has 2 N–H and O–H groups in total. The van der Waals surface area contributed by atoms with Gasteiger partial charge in [0, 0.05) is 11.6 Å². The van der Waals surface area contributed by atoms with Crippen molar-refractivity contribution in [1.82, 2.24) is 9.97 Å². The number of hydrogen-bond acceptors (Lipinski definition) is 4. The lowest BCUT2D eigenvalue weighted by molar-refractivity contribution is 1.34. The molecule has 3 rings (SSSR count). The van der Waals surface area contributed by atoms with E-state index in [-0.39, 0.29) is 0 Å². The van der Waals surface area contributed by atoms with Gasteiger partial charge in [0.2, 0.25) is 0 Å². The van der Waals surface area contributed by atoms with Gasteiger partial charge in [-0.25, -0.2) is 4.98 Å². The Balaban J connectivity index is 2.29. The number of nitrogens with two attached hydrogens (primary N) is 1. The maximum atomic E-state index is 5.92. The number of rotatable bonds is 1. The van der Waals surface area contributed by atoms with Crippen molar-refractivity contribution in [3.05, 3.63) is 41.9 Å².